The van der Waals surface area contributed by atoms with Gasteiger partial charge in [-0.05, 0) is 54.8 Å². The molecule has 0 saturated heterocycles. The lowest BCUT2D eigenvalue weighted by molar-refractivity contribution is -0.121. The highest BCUT2D eigenvalue weighted by molar-refractivity contribution is 6.31. The molecule has 0 aliphatic carbocycles. The fourth-order valence-corrected chi connectivity index (χ4v) is 2.86. The quantitative estimate of drug-likeness (QED) is 0.877. The lowest BCUT2D eigenvalue weighted by Crippen LogP contribution is -2.32. The maximum absolute atomic E-state index is 12.5. The van der Waals surface area contributed by atoms with Crippen LogP contribution in [0.1, 0.15) is 11.1 Å². The van der Waals surface area contributed by atoms with E-state index in [9.17, 15) is 4.79 Å². The van der Waals surface area contributed by atoms with Gasteiger partial charge in [-0.25, -0.2) is 0 Å². The lowest BCUT2D eigenvalue weighted by atomic mass is 9.96. The number of hydrogen-bond donors (Lipinski definition) is 1. The number of ether oxygens (including phenoxy) is 1. The highest BCUT2D eigenvalue weighted by Gasteiger charge is 2.26. The summed E-state index contributed by atoms with van der Waals surface area (Å²) in [7, 11) is 0. The Labute approximate surface area is 139 Å². The van der Waals surface area contributed by atoms with Crippen molar-refractivity contribution < 1.29 is 9.53 Å². The third-order valence-electron chi connectivity index (χ3n) is 3.76. The van der Waals surface area contributed by atoms with Crippen LogP contribution in [-0.2, 0) is 11.2 Å². The predicted octanol–water partition coefficient (Wildman–Crippen LogP) is 4.49. The van der Waals surface area contributed by atoms with Crippen molar-refractivity contribution in [3.63, 3.8) is 0 Å². The second-order valence-corrected chi connectivity index (χ2v) is 6.29. The van der Waals surface area contributed by atoms with Crippen molar-refractivity contribution in [3.8, 4) is 5.75 Å². The number of rotatable bonds is 2. The van der Waals surface area contributed by atoms with E-state index in [0.29, 0.717) is 23.1 Å². The molecule has 2 aromatic carbocycles. The van der Waals surface area contributed by atoms with Crippen LogP contribution in [0.3, 0.4) is 0 Å². The largest absolute Gasteiger partial charge is 0.492 e. The van der Waals surface area contributed by atoms with Gasteiger partial charge < -0.3 is 10.1 Å². The fraction of sp³-hybridized carbons (Fsp3) is 0.235. The van der Waals surface area contributed by atoms with Crippen molar-refractivity contribution in [1.29, 1.82) is 0 Å². The van der Waals surface area contributed by atoms with Crippen LogP contribution < -0.4 is 10.1 Å². The topological polar surface area (TPSA) is 38.3 Å². The van der Waals surface area contributed by atoms with E-state index in [1.54, 1.807) is 18.2 Å². The number of benzene rings is 2. The minimum atomic E-state index is -0.246. The van der Waals surface area contributed by atoms with Gasteiger partial charge in [0.2, 0.25) is 5.91 Å². The minimum Gasteiger partial charge on any atom is -0.492 e. The van der Waals surface area contributed by atoms with Crippen molar-refractivity contribution in [3.05, 3.63) is 57.6 Å². The number of nitrogens with one attached hydrogen (secondary N) is 1. The lowest BCUT2D eigenvalue weighted by Gasteiger charge is -2.25. The number of amides is 1. The molecule has 0 saturated carbocycles. The van der Waals surface area contributed by atoms with Crippen LogP contribution in [-0.4, -0.2) is 12.5 Å². The van der Waals surface area contributed by atoms with Crippen molar-refractivity contribution in [2.75, 3.05) is 11.9 Å². The molecule has 0 aromatic heterocycles. The van der Waals surface area contributed by atoms with Gasteiger partial charge in [-0.15, -0.1) is 0 Å². The van der Waals surface area contributed by atoms with Gasteiger partial charge in [-0.3, -0.25) is 4.79 Å². The Bertz CT molecular complexity index is 731. The van der Waals surface area contributed by atoms with Gasteiger partial charge in [0.25, 0.3) is 0 Å². The molecule has 1 unspecified atom stereocenters. The van der Waals surface area contributed by atoms with E-state index in [4.69, 9.17) is 27.9 Å². The molecule has 1 aliphatic heterocycles. The molecule has 2 aromatic rings. The SMILES string of the molecule is Cc1ccc(Cl)cc1NC(=O)C1COc2ccc(Cl)cc2C1. The zero-order valence-electron chi connectivity index (χ0n) is 12.0. The minimum absolute atomic E-state index is 0.0732. The monoisotopic (exact) mass is 335 g/mol. The smallest absolute Gasteiger partial charge is 0.231 e. The molecule has 22 heavy (non-hydrogen) atoms. The molecule has 1 atom stereocenters. The molecule has 1 N–H and O–H groups in total. The number of aryl methyl sites for hydroxylation is 1. The normalized spacial score (nSPS) is 16.6. The van der Waals surface area contributed by atoms with Crippen LogP contribution in [0.5, 0.6) is 5.75 Å². The first kappa shape index (κ1) is 15.2. The number of carbonyl (C=O) groups excluding carboxylic acids is 1. The maximum Gasteiger partial charge on any atom is 0.231 e. The first-order valence-corrected chi connectivity index (χ1v) is 7.77. The van der Waals surface area contributed by atoms with Gasteiger partial charge in [0.05, 0.1) is 5.92 Å². The van der Waals surface area contributed by atoms with E-state index in [1.165, 1.54) is 0 Å². The van der Waals surface area contributed by atoms with Crippen LogP contribution >= 0.6 is 23.2 Å². The molecule has 5 heteroatoms. The van der Waals surface area contributed by atoms with Crippen molar-refractivity contribution >= 4 is 34.8 Å². The van der Waals surface area contributed by atoms with Gasteiger partial charge in [-0.1, -0.05) is 29.3 Å². The fourth-order valence-electron chi connectivity index (χ4n) is 2.50. The average molecular weight is 336 g/mol. The second-order valence-electron chi connectivity index (χ2n) is 5.41. The van der Waals surface area contributed by atoms with Gasteiger partial charge in [-0.2, -0.15) is 0 Å². The Morgan fingerprint density at radius 2 is 1.91 bits per heavy atom. The Kier molecular flexibility index (Phi) is 4.27. The van der Waals surface area contributed by atoms with Crippen molar-refractivity contribution in [1.82, 2.24) is 0 Å². The van der Waals surface area contributed by atoms with Gasteiger partial charge in [0, 0.05) is 15.7 Å². The molecule has 0 bridgehead atoms. The summed E-state index contributed by atoms with van der Waals surface area (Å²) in [5.41, 5.74) is 2.66. The first-order valence-electron chi connectivity index (χ1n) is 7.01. The summed E-state index contributed by atoms with van der Waals surface area (Å²) in [5.74, 6) is 0.479. The van der Waals surface area contributed by atoms with E-state index in [2.05, 4.69) is 5.32 Å². The summed E-state index contributed by atoms with van der Waals surface area (Å²) in [6, 6.07) is 10.9. The summed E-state index contributed by atoms with van der Waals surface area (Å²) < 4.78 is 5.66. The third-order valence-corrected chi connectivity index (χ3v) is 4.23. The molecule has 114 valence electrons. The van der Waals surface area contributed by atoms with E-state index >= 15 is 0 Å². The molecule has 1 heterocycles. The number of carbonyl (C=O) groups is 1. The van der Waals surface area contributed by atoms with E-state index in [0.717, 1.165) is 22.6 Å². The summed E-state index contributed by atoms with van der Waals surface area (Å²) in [4.78, 5) is 12.5. The summed E-state index contributed by atoms with van der Waals surface area (Å²) in [5, 5.41) is 4.17. The summed E-state index contributed by atoms with van der Waals surface area (Å²) in [6.07, 6.45) is 0.612. The molecule has 0 spiro atoms. The van der Waals surface area contributed by atoms with Crippen LogP contribution in [0.15, 0.2) is 36.4 Å². The zero-order chi connectivity index (χ0) is 15.7. The van der Waals surface area contributed by atoms with Gasteiger partial charge in [0.15, 0.2) is 0 Å². The molecular formula is C17H15Cl2NO2. The van der Waals surface area contributed by atoms with Gasteiger partial charge >= 0.3 is 0 Å². The zero-order valence-corrected chi connectivity index (χ0v) is 13.5. The van der Waals surface area contributed by atoms with E-state index in [1.807, 2.05) is 25.1 Å². The molecule has 0 radical (unpaired) electrons. The first-order chi connectivity index (χ1) is 10.5. The summed E-state index contributed by atoms with van der Waals surface area (Å²) in [6.45, 7) is 2.29. The number of halogens is 2. The Morgan fingerprint density at radius 3 is 2.73 bits per heavy atom. The van der Waals surface area contributed by atoms with Gasteiger partial charge in [0.1, 0.15) is 12.4 Å². The summed E-state index contributed by atoms with van der Waals surface area (Å²) >= 11 is 12.0. The van der Waals surface area contributed by atoms with Crippen LogP contribution in [0.25, 0.3) is 0 Å². The van der Waals surface area contributed by atoms with E-state index < -0.39 is 0 Å². The molecular weight excluding hydrogens is 321 g/mol. The number of anilines is 1. The van der Waals surface area contributed by atoms with E-state index in [-0.39, 0.29) is 11.8 Å². The standard InChI is InChI=1S/C17H15Cl2NO2/c1-10-2-3-14(19)8-15(10)20-17(21)12-6-11-7-13(18)4-5-16(11)22-9-12/h2-5,7-8,12H,6,9H2,1H3,(H,20,21). The number of fused-ring (bicyclic) bond motifs is 1. The third kappa shape index (κ3) is 3.21. The molecule has 1 amide bonds. The van der Waals surface area contributed by atoms with Crippen LogP contribution in [0, 0.1) is 12.8 Å². The highest BCUT2D eigenvalue weighted by atomic mass is 35.5. The molecule has 1 aliphatic rings. The van der Waals surface area contributed by atoms with Crippen molar-refractivity contribution in [2.24, 2.45) is 5.92 Å². The maximum atomic E-state index is 12.5. The van der Waals surface area contributed by atoms with Crippen LogP contribution in [0.2, 0.25) is 10.0 Å². The predicted molar refractivity (Wildman–Crippen MR) is 89.0 cm³/mol. The molecule has 3 rings (SSSR count). The molecule has 3 nitrogen and oxygen atoms in total. The highest BCUT2D eigenvalue weighted by Crippen LogP contribution is 2.30. The average Bonchev–Trinajstić information content (AvgIpc) is 2.50. The molecule has 0 fully saturated rings. The van der Waals surface area contributed by atoms with Crippen molar-refractivity contribution in [2.45, 2.75) is 13.3 Å². The Balaban J connectivity index is 1.75. The number of hydrogen-bond acceptors (Lipinski definition) is 2. The van der Waals surface area contributed by atoms with Crippen LogP contribution in [0.4, 0.5) is 5.69 Å². The Hall–Kier alpha value is -1.71. The Morgan fingerprint density at radius 1 is 1.18 bits per heavy atom. The second kappa shape index (κ2) is 6.19.